The van der Waals surface area contributed by atoms with Gasteiger partial charge in [0.2, 0.25) is 10.0 Å². The normalized spacial score (nSPS) is 13.4. The molecule has 6 heteroatoms. The van der Waals surface area contributed by atoms with Crippen molar-refractivity contribution in [2.45, 2.75) is 26.3 Å². The molecule has 0 aliphatic carbocycles. The lowest BCUT2D eigenvalue weighted by Gasteiger charge is -2.14. The van der Waals surface area contributed by atoms with E-state index in [-0.39, 0.29) is 11.8 Å². The van der Waals surface area contributed by atoms with Crippen molar-refractivity contribution < 1.29 is 8.42 Å². The Kier molecular flexibility index (Phi) is 6.99. The molecule has 0 aromatic heterocycles. The predicted molar refractivity (Wildman–Crippen MR) is 82.8 cm³/mol. The van der Waals surface area contributed by atoms with Crippen molar-refractivity contribution >= 4 is 26.0 Å². The van der Waals surface area contributed by atoms with Gasteiger partial charge >= 0.3 is 0 Å². The monoisotopic (exact) mass is 348 g/mol. The number of halogens is 1. The molecule has 4 nitrogen and oxygen atoms in total. The number of benzene rings is 1. The van der Waals surface area contributed by atoms with E-state index in [1.165, 1.54) is 5.56 Å². The molecule has 1 unspecified atom stereocenters. The van der Waals surface area contributed by atoms with Crippen LogP contribution < -0.4 is 10.0 Å². The molecule has 0 amide bonds. The van der Waals surface area contributed by atoms with Crippen LogP contribution in [0.25, 0.3) is 0 Å². The van der Waals surface area contributed by atoms with Crippen molar-refractivity contribution in [3.8, 4) is 0 Å². The van der Waals surface area contributed by atoms with Crippen molar-refractivity contribution in [1.29, 1.82) is 0 Å². The van der Waals surface area contributed by atoms with E-state index >= 15 is 0 Å². The first-order chi connectivity index (χ1) is 8.93. The molecule has 1 aromatic rings. The van der Waals surface area contributed by atoms with E-state index < -0.39 is 10.0 Å². The summed E-state index contributed by atoms with van der Waals surface area (Å²) in [5.41, 5.74) is 1.23. The smallest absolute Gasteiger partial charge is 0.212 e. The maximum atomic E-state index is 11.5. The first-order valence-corrected chi connectivity index (χ1v) is 8.82. The Morgan fingerprint density at radius 1 is 1.26 bits per heavy atom. The van der Waals surface area contributed by atoms with Gasteiger partial charge < -0.3 is 5.32 Å². The second kappa shape index (κ2) is 7.99. The van der Waals surface area contributed by atoms with Crippen molar-refractivity contribution in [3.63, 3.8) is 0 Å². The van der Waals surface area contributed by atoms with Crippen LogP contribution in [0.4, 0.5) is 0 Å². The van der Waals surface area contributed by atoms with Gasteiger partial charge in [0.1, 0.15) is 0 Å². The van der Waals surface area contributed by atoms with Crippen molar-refractivity contribution in [1.82, 2.24) is 10.0 Å². The van der Waals surface area contributed by atoms with Crippen LogP contribution in [0, 0.1) is 0 Å². The number of hydrogen-bond donors (Lipinski definition) is 2. The number of rotatable bonds is 8. The molecular weight excluding hydrogens is 328 g/mol. The summed E-state index contributed by atoms with van der Waals surface area (Å²) in [6.45, 7) is 4.74. The molecule has 1 aromatic carbocycles. The highest BCUT2D eigenvalue weighted by molar-refractivity contribution is 9.10. The van der Waals surface area contributed by atoms with E-state index in [4.69, 9.17) is 0 Å². The molecule has 1 atom stereocenters. The van der Waals surface area contributed by atoms with Crippen LogP contribution in [-0.2, 0) is 16.4 Å². The highest BCUT2D eigenvalue weighted by Gasteiger charge is 2.09. The van der Waals surface area contributed by atoms with Crippen LogP contribution in [-0.4, -0.2) is 33.3 Å². The van der Waals surface area contributed by atoms with Crippen LogP contribution in [0.1, 0.15) is 19.4 Å². The second-order valence-electron chi connectivity index (χ2n) is 4.50. The second-order valence-corrected chi connectivity index (χ2v) is 7.34. The maximum absolute atomic E-state index is 11.5. The van der Waals surface area contributed by atoms with E-state index in [2.05, 4.69) is 45.0 Å². The number of sulfonamides is 1. The van der Waals surface area contributed by atoms with Crippen molar-refractivity contribution in [3.05, 3.63) is 34.3 Å². The highest BCUT2D eigenvalue weighted by atomic mass is 79.9. The van der Waals surface area contributed by atoms with Gasteiger partial charge in [-0.1, -0.05) is 35.0 Å². The standard InChI is InChI=1S/C13H21BrN2O2S/c1-3-16-19(17,18)9-8-15-11(2)10-12-4-6-13(14)7-5-12/h4-7,11,15-16H,3,8-10H2,1-2H3. The third-order valence-corrected chi connectivity index (χ3v) is 4.68. The highest BCUT2D eigenvalue weighted by Crippen LogP contribution is 2.11. The quantitative estimate of drug-likeness (QED) is 0.754. The third-order valence-electron chi connectivity index (χ3n) is 2.68. The van der Waals surface area contributed by atoms with Gasteiger partial charge in [-0.15, -0.1) is 0 Å². The molecule has 0 saturated heterocycles. The summed E-state index contributed by atoms with van der Waals surface area (Å²) in [6, 6.07) is 8.41. The van der Waals surface area contributed by atoms with Gasteiger partial charge in [0.05, 0.1) is 5.75 Å². The Morgan fingerprint density at radius 3 is 2.47 bits per heavy atom. The predicted octanol–water partition coefficient (Wildman–Crippen LogP) is 1.91. The summed E-state index contributed by atoms with van der Waals surface area (Å²) in [4.78, 5) is 0. The molecule has 0 saturated carbocycles. The fourth-order valence-electron chi connectivity index (χ4n) is 1.78. The van der Waals surface area contributed by atoms with Crippen LogP contribution in [0.3, 0.4) is 0 Å². The van der Waals surface area contributed by atoms with Gasteiger partial charge in [0, 0.05) is 23.6 Å². The summed E-state index contributed by atoms with van der Waals surface area (Å²) in [6.07, 6.45) is 0.883. The zero-order chi connectivity index (χ0) is 14.3. The van der Waals surface area contributed by atoms with E-state index in [0.717, 1.165) is 10.9 Å². The molecule has 108 valence electrons. The zero-order valence-corrected chi connectivity index (χ0v) is 13.7. The van der Waals surface area contributed by atoms with Crippen LogP contribution in [0.15, 0.2) is 28.7 Å². The molecule has 1 rings (SSSR count). The van der Waals surface area contributed by atoms with Gasteiger partial charge in [-0.25, -0.2) is 13.1 Å². The van der Waals surface area contributed by atoms with Crippen LogP contribution in [0.2, 0.25) is 0 Å². The molecule has 2 N–H and O–H groups in total. The average Bonchev–Trinajstić information content (AvgIpc) is 2.31. The summed E-state index contributed by atoms with van der Waals surface area (Å²) in [7, 11) is -3.12. The molecule has 0 aliphatic heterocycles. The molecule has 0 aliphatic rings. The Balaban J connectivity index is 2.32. The first-order valence-electron chi connectivity index (χ1n) is 6.38. The van der Waals surface area contributed by atoms with E-state index in [1.807, 2.05) is 12.1 Å². The SMILES string of the molecule is CCNS(=O)(=O)CCNC(C)Cc1ccc(Br)cc1. The Morgan fingerprint density at radius 2 is 1.89 bits per heavy atom. The molecular formula is C13H21BrN2O2S. The topological polar surface area (TPSA) is 58.2 Å². The fraction of sp³-hybridized carbons (Fsp3) is 0.538. The molecule has 0 bridgehead atoms. The van der Waals surface area contributed by atoms with Gasteiger partial charge in [-0.3, -0.25) is 0 Å². The van der Waals surface area contributed by atoms with Crippen molar-refractivity contribution in [2.24, 2.45) is 0 Å². The van der Waals surface area contributed by atoms with Crippen molar-refractivity contribution in [2.75, 3.05) is 18.8 Å². The minimum absolute atomic E-state index is 0.117. The molecule has 0 radical (unpaired) electrons. The lowest BCUT2D eigenvalue weighted by atomic mass is 10.1. The summed E-state index contributed by atoms with van der Waals surface area (Å²) >= 11 is 3.40. The summed E-state index contributed by atoms with van der Waals surface area (Å²) in [5.74, 6) is 0.117. The first kappa shape index (κ1) is 16.6. The van der Waals surface area contributed by atoms with Gasteiger partial charge in [0.15, 0.2) is 0 Å². The molecule has 0 fully saturated rings. The lowest BCUT2D eigenvalue weighted by molar-refractivity contribution is 0.549. The molecule has 0 heterocycles. The Hall–Kier alpha value is -0.430. The largest absolute Gasteiger partial charge is 0.313 e. The van der Waals surface area contributed by atoms with E-state index in [1.54, 1.807) is 6.92 Å². The van der Waals surface area contributed by atoms with Crippen LogP contribution in [0.5, 0.6) is 0 Å². The van der Waals surface area contributed by atoms with Gasteiger partial charge in [-0.2, -0.15) is 0 Å². The van der Waals surface area contributed by atoms with Gasteiger partial charge in [-0.05, 0) is 31.0 Å². The number of hydrogen-bond acceptors (Lipinski definition) is 3. The minimum atomic E-state index is -3.12. The Labute approximate surface area is 124 Å². The third kappa shape index (κ3) is 7.06. The number of nitrogens with one attached hydrogen (secondary N) is 2. The minimum Gasteiger partial charge on any atom is -0.313 e. The summed E-state index contributed by atoms with van der Waals surface area (Å²) < 4.78 is 26.4. The van der Waals surface area contributed by atoms with E-state index in [9.17, 15) is 8.42 Å². The fourth-order valence-corrected chi connectivity index (χ4v) is 3.01. The zero-order valence-electron chi connectivity index (χ0n) is 11.3. The maximum Gasteiger partial charge on any atom is 0.212 e. The van der Waals surface area contributed by atoms with E-state index in [0.29, 0.717) is 13.1 Å². The lowest BCUT2D eigenvalue weighted by Crippen LogP contribution is -2.36. The molecule has 0 spiro atoms. The van der Waals surface area contributed by atoms with Gasteiger partial charge in [0.25, 0.3) is 0 Å². The molecule has 19 heavy (non-hydrogen) atoms. The van der Waals surface area contributed by atoms with Crippen LogP contribution >= 0.6 is 15.9 Å². The summed E-state index contributed by atoms with van der Waals surface area (Å²) in [5, 5.41) is 3.23. The Bertz CT molecular complexity index is 474. The average molecular weight is 349 g/mol.